The first kappa shape index (κ1) is 27.9. The second-order valence-electron chi connectivity index (χ2n) is 12.6. The quantitative estimate of drug-likeness (QED) is 0.192. The minimum absolute atomic E-state index is 0.0357. The van der Waals surface area contributed by atoms with Gasteiger partial charge in [-0.3, -0.25) is 0 Å². The minimum atomic E-state index is -0.0357. The SMILES string of the molecule is C=Cc1c(C=C)n(-c2ccc(-c3ccc4c(c3)C(C)(C)c3ccccc3-4)cc2)c2ccccc2c2ccccc2c2ccccc12. The Hall–Kier alpha value is -5.66. The van der Waals surface area contributed by atoms with Gasteiger partial charge in [0.1, 0.15) is 0 Å². The third-order valence-electron chi connectivity index (χ3n) is 9.83. The van der Waals surface area contributed by atoms with Gasteiger partial charge in [-0.2, -0.15) is 0 Å². The molecule has 1 aromatic heterocycles. The summed E-state index contributed by atoms with van der Waals surface area (Å²) in [6, 6.07) is 50.7. The Bertz CT molecular complexity index is 2420. The number of para-hydroxylation sites is 1. The topological polar surface area (TPSA) is 4.93 Å². The van der Waals surface area contributed by atoms with Crippen LogP contribution in [0.25, 0.3) is 72.5 Å². The molecule has 6 aromatic carbocycles. The number of hydrogen-bond acceptors (Lipinski definition) is 0. The lowest BCUT2D eigenvalue weighted by atomic mass is 9.81. The molecule has 0 saturated heterocycles. The molecule has 1 heterocycles. The third-order valence-corrected chi connectivity index (χ3v) is 9.83. The molecule has 0 spiro atoms. The van der Waals surface area contributed by atoms with Gasteiger partial charge >= 0.3 is 0 Å². The minimum Gasteiger partial charge on any atom is -0.309 e. The zero-order valence-electron chi connectivity index (χ0n) is 26.3. The Kier molecular flexibility index (Phi) is 6.51. The zero-order chi connectivity index (χ0) is 31.4. The van der Waals surface area contributed by atoms with Crippen molar-refractivity contribution in [2.75, 3.05) is 0 Å². The molecule has 0 radical (unpaired) electrons. The molecule has 8 rings (SSSR count). The molecule has 220 valence electrons. The van der Waals surface area contributed by atoms with E-state index in [1.54, 1.807) is 0 Å². The van der Waals surface area contributed by atoms with E-state index in [0.717, 1.165) is 27.8 Å². The molecule has 1 aliphatic rings. The molecule has 0 saturated carbocycles. The van der Waals surface area contributed by atoms with Crippen molar-refractivity contribution in [3.05, 3.63) is 175 Å². The summed E-state index contributed by atoms with van der Waals surface area (Å²) in [5.41, 5.74) is 12.1. The second-order valence-corrected chi connectivity index (χ2v) is 12.6. The lowest BCUT2D eigenvalue weighted by Gasteiger charge is -2.22. The van der Waals surface area contributed by atoms with Gasteiger partial charge in [-0.05, 0) is 85.3 Å². The summed E-state index contributed by atoms with van der Waals surface area (Å²) in [6.45, 7) is 13.3. The van der Waals surface area contributed by atoms with Crippen molar-refractivity contribution in [3.8, 4) is 27.9 Å². The van der Waals surface area contributed by atoms with E-state index in [1.807, 2.05) is 12.2 Å². The lowest BCUT2D eigenvalue weighted by molar-refractivity contribution is 0.660. The van der Waals surface area contributed by atoms with Crippen molar-refractivity contribution >= 4 is 44.6 Å². The van der Waals surface area contributed by atoms with E-state index in [-0.39, 0.29) is 5.41 Å². The van der Waals surface area contributed by atoms with Crippen molar-refractivity contribution in [3.63, 3.8) is 0 Å². The number of aromatic nitrogens is 1. The first-order valence-electron chi connectivity index (χ1n) is 15.9. The molecule has 0 fully saturated rings. The van der Waals surface area contributed by atoms with Gasteiger partial charge in [-0.1, -0.05) is 148 Å². The Morgan fingerprint density at radius 1 is 0.500 bits per heavy atom. The number of nitrogens with zero attached hydrogens (tertiary/aromatic N) is 1. The van der Waals surface area contributed by atoms with Crippen LogP contribution in [-0.2, 0) is 5.41 Å². The molecular weight excluding hydrogens is 555 g/mol. The van der Waals surface area contributed by atoms with Gasteiger partial charge in [0.15, 0.2) is 0 Å². The first-order valence-corrected chi connectivity index (χ1v) is 15.9. The molecule has 46 heavy (non-hydrogen) atoms. The fourth-order valence-corrected chi connectivity index (χ4v) is 7.57. The number of rotatable bonds is 4. The standard InChI is InChI=1S/C45H35N/c1-5-33-34-15-7-8-16-35(34)36-17-9-10-18-37(36)40-20-12-14-22-44(40)46(43(33)6-2)32-26-23-30(24-27-32)31-25-28-39-38-19-11-13-21-41(38)45(3,4)42(39)29-31/h5-29H,1-2H2,3-4H3. The van der Waals surface area contributed by atoms with Crippen LogP contribution in [0.3, 0.4) is 0 Å². The van der Waals surface area contributed by atoms with Gasteiger partial charge in [0, 0.05) is 22.1 Å². The molecular formula is C45H35N. The Morgan fingerprint density at radius 2 is 1.04 bits per heavy atom. The van der Waals surface area contributed by atoms with Gasteiger partial charge in [0.2, 0.25) is 0 Å². The van der Waals surface area contributed by atoms with Gasteiger partial charge in [-0.15, -0.1) is 0 Å². The summed E-state index contributed by atoms with van der Waals surface area (Å²) in [7, 11) is 0. The highest BCUT2D eigenvalue weighted by Gasteiger charge is 2.35. The van der Waals surface area contributed by atoms with E-state index in [4.69, 9.17) is 0 Å². The molecule has 0 bridgehead atoms. The molecule has 0 amide bonds. The summed E-state index contributed by atoms with van der Waals surface area (Å²) in [6.07, 6.45) is 3.94. The van der Waals surface area contributed by atoms with Gasteiger partial charge < -0.3 is 4.57 Å². The predicted octanol–water partition coefficient (Wildman–Crippen LogP) is 12.3. The average molecular weight is 590 g/mol. The Morgan fingerprint density at radius 3 is 1.74 bits per heavy atom. The number of fused-ring (bicyclic) bond motifs is 8. The van der Waals surface area contributed by atoms with Crippen molar-refractivity contribution < 1.29 is 0 Å². The fraction of sp³-hybridized carbons (Fsp3) is 0.0667. The largest absolute Gasteiger partial charge is 0.309 e. The van der Waals surface area contributed by atoms with E-state index in [0.29, 0.717) is 0 Å². The van der Waals surface area contributed by atoms with Crippen molar-refractivity contribution in [2.45, 2.75) is 19.3 Å². The van der Waals surface area contributed by atoms with Crippen LogP contribution in [0.5, 0.6) is 0 Å². The molecule has 0 N–H and O–H groups in total. The summed E-state index contributed by atoms with van der Waals surface area (Å²) < 4.78 is 2.34. The molecule has 0 atom stereocenters. The maximum atomic E-state index is 4.34. The smallest absolute Gasteiger partial charge is 0.0540 e. The molecule has 0 aliphatic heterocycles. The van der Waals surface area contributed by atoms with Crippen LogP contribution >= 0.6 is 0 Å². The summed E-state index contributed by atoms with van der Waals surface area (Å²) >= 11 is 0. The van der Waals surface area contributed by atoms with Crippen LogP contribution in [0, 0.1) is 0 Å². The molecule has 1 aliphatic carbocycles. The van der Waals surface area contributed by atoms with E-state index >= 15 is 0 Å². The van der Waals surface area contributed by atoms with E-state index in [2.05, 4.69) is 171 Å². The van der Waals surface area contributed by atoms with Crippen LogP contribution in [0.4, 0.5) is 0 Å². The van der Waals surface area contributed by atoms with Gasteiger partial charge in [0.25, 0.3) is 0 Å². The zero-order valence-corrected chi connectivity index (χ0v) is 26.3. The van der Waals surface area contributed by atoms with Gasteiger partial charge in [0.05, 0.1) is 11.2 Å². The predicted molar refractivity (Wildman–Crippen MR) is 199 cm³/mol. The summed E-state index contributed by atoms with van der Waals surface area (Å²) in [5, 5.41) is 5.88. The van der Waals surface area contributed by atoms with E-state index in [1.165, 1.54) is 54.9 Å². The maximum Gasteiger partial charge on any atom is 0.0540 e. The molecule has 0 unspecified atom stereocenters. The third kappa shape index (κ3) is 4.16. The van der Waals surface area contributed by atoms with Crippen LogP contribution in [-0.4, -0.2) is 4.57 Å². The maximum absolute atomic E-state index is 4.34. The summed E-state index contributed by atoms with van der Waals surface area (Å²) in [4.78, 5) is 0. The van der Waals surface area contributed by atoms with Crippen molar-refractivity contribution in [2.24, 2.45) is 0 Å². The Labute approximate surface area is 270 Å². The van der Waals surface area contributed by atoms with Crippen LogP contribution in [0.1, 0.15) is 36.2 Å². The van der Waals surface area contributed by atoms with Crippen LogP contribution in [0.2, 0.25) is 0 Å². The second kappa shape index (κ2) is 10.8. The monoisotopic (exact) mass is 589 g/mol. The lowest BCUT2D eigenvalue weighted by Crippen LogP contribution is -2.14. The van der Waals surface area contributed by atoms with E-state index < -0.39 is 0 Å². The Balaban J connectivity index is 1.39. The normalized spacial score (nSPS) is 12.9. The van der Waals surface area contributed by atoms with Crippen molar-refractivity contribution in [1.82, 2.24) is 4.57 Å². The van der Waals surface area contributed by atoms with Crippen molar-refractivity contribution in [1.29, 1.82) is 0 Å². The highest BCUT2D eigenvalue weighted by atomic mass is 15.0. The van der Waals surface area contributed by atoms with Crippen LogP contribution < -0.4 is 0 Å². The molecule has 1 heteroatoms. The average Bonchev–Trinajstić information content (AvgIpc) is 3.36. The highest BCUT2D eigenvalue weighted by molar-refractivity contribution is 6.15. The van der Waals surface area contributed by atoms with Crippen LogP contribution in [0.15, 0.2) is 153 Å². The number of hydrogen-bond donors (Lipinski definition) is 0. The first-order chi connectivity index (χ1) is 22.5. The van der Waals surface area contributed by atoms with E-state index in [9.17, 15) is 0 Å². The number of benzene rings is 6. The molecule has 1 nitrogen and oxygen atoms in total. The summed E-state index contributed by atoms with van der Waals surface area (Å²) in [5.74, 6) is 0. The van der Waals surface area contributed by atoms with Gasteiger partial charge in [-0.25, -0.2) is 0 Å². The molecule has 7 aromatic rings. The fourth-order valence-electron chi connectivity index (χ4n) is 7.57. The highest BCUT2D eigenvalue weighted by Crippen LogP contribution is 2.49.